The summed E-state index contributed by atoms with van der Waals surface area (Å²) in [4.78, 5) is 12.2. The second-order valence-corrected chi connectivity index (χ2v) is 7.51. The minimum absolute atomic E-state index is 0.135. The van der Waals surface area contributed by atoms with Crippen LogP contribution in [-0.2, 0) is 11.2 Å². The average Bonchev–Trinajstić information content (AvgIpc) is 2.59. The standard InChI is InChI=1S/C19H14BrIN2O2/c20-15-8-14(19(25)17(21)10-15)11-22-23-18(24)9-13-6-3-5-12-4-1-2-7-16(12)13/h1-8,10-11,25H,9H2,(H,23,24)/b22-11-. The lowest BCUT2D eigenvalue weighted by atomic mass is 10.0. The van der Waals surface area contributed by atoms with Crippen LogP contribution in [0.15, 0.2) is 64.2 Å². The van der Waals surface area contributed by atoms with E-state index in [0.717, 1.165) is 20.8 Å². The van der Waals surface area contributed by atoms with Crippen LogP contribution < -0.4 is 5.43 Å². The molecule has 0 radical (unpaired) electrons. The molecule has 126 valence electrons. The van der Waals surface area contributed by atoms with Crippen molar-refractivity contribution in [1.82, 2.24) is 5.43 Å². The van der Waals surface area contributed by atoms with Crippen molar-refractivity contribution in [2.75, 3.05) is 0 Å². The SMILES string of the molecule is O=C(Cc1cccc2ccccc12)N/N=C\c1cc(Br)cc(I)c1O. The van der Waals surface area contributed by atoms with Crippen molar-refractivity contribution in [3.05, 3.63) is 73.8 Å². The fraction of sp³-hybridized carbons (Fsp3) is 0.0526. The van der Waals surface area contributed by atoms with Crippen LogP contribution in [0.5, 0.6) is 5.75 Å². The van der Waals surface area contributed by atoms with Gasteiger partial charge in [0.15, 0.2) is 0 Å². The first-order valence-electron chi connectivity index (χ1n) is 7.51. The van der Waals surface area contributed by atoms with Gasteiger partial charge >= 0.3 is 0 Å². The number of hydrazone groups is 1. The number of rotatable bonds is 4. The van der Waals surface area contributed by atoms with Crippen LogP contribution in [0.4, 0.5) is 0 Å². The molecule has 2 N–H and O–H groups in total. The van der Waals surface area contributed by atoms with Crippen molar-refractivity contribution in [2.45, 2.75) is 6.42 Å². The summed E-state index contributed by atoms with van der Waals surface area (Å²) in [7, 11) is 0. The zero-order chi connectivity index (χ0) is 17.8. The fourth-order valence-electron chi connectivity index (χ4n) is 2.52. The van der Waals surface area contributed by atoms with Gasteiger partial charge in [-0.15, -0.1) is 0 Å². The smallest absolute Gasteiger partial charge is 0.244 e. The molecule has 3 aromatic rings. The van der Waals surface area contributed by atoms with E-state index in [4.69, 9.17) is 0 Å². The number of amides is 1. The van der Waals surface area contributed by atoms with Crippen LogP contribution in [0.1, 0.15) is 11.1 Å². The molecule has 0 aliphatic heterocycles. The van der Waals surface area contributed by atoms with Gasteiger partial charge in [-0.25, -0.2) is 5.43 Å². The van der Waals surface area contributed by atoms with Gasteiger partial charge in [-0.1, -0.05) is 58.4 Å². The van der Waals surface area contributed by atoms with Crippen molar-refractivity contribution in [3.8, 4) is 5.75 Å². The Morgan fingerprint density at radius 1 is 1.20 bits per heavy atom. The van der Waals surface area contributed by atoms with E-state index in [0.29, 0.717) is 9.13 Å². The van der Waals surface area contributed by atoms with Gasteiger partial charge in [0.25, 0.3) is 0 Å². The van der Waals surface area contributed by atoms with Crippen molar-refractivity contribution in [2.24, 2.45) is 5.10 Å². The topological polar surface area (TPSA) is 61.7 Å². The van der Waals surface area contributed by atoms with Crippen molar-refractivity contribution >= 4 is 61.4 Å². The predicted octanol–water partition coefficient (Wildman–Crippen LogP) is 4.61. The first-order chi connectivity index (χ1) is 12.0. The quantitative estimate of drug-likeness (QED) is 0.307. The van der Waals surface area contributed by atoms with Gasteiger partial charge in [0.05, 0.1) is 16.2 Å². The molecule has 0 heterocycles. The highest BCUT2D eigenvalue weighted by Gasteiger charge is 2.07. The van der Waals surface area contributed by atoms with Crippen LogP contribution in [0.2, 0.25) is 0 Å². The molecule has 0 atom stereocenters. The number of fused-ring (bicyclic) bond motifs is 1. The third-order valence-corrected chi connectivity index (χ3v) is 4.96. The van der Waals surface area contributed by atoms with Gasteiger partial charge in [0, 0.05) is 10.0 Å². The third kappa shape index (κ3) is 4.38. The van der Waals surface area contributed by atoms with Gasteiger partial charge in [-0.3, -0.25) is 4.79 Å². The van der Waals surface area contributed by atoms with Crippen LogP contribution in [0.25, 0.3) is 10.8 Å². The maximum atomic E-state index is 12.2. The summed E-state index contributed by atoms with van der Waals surface area (Å²) in [6.45, 7) is 0. The summed E-state index contributed by atoms with van der Waals surface area (Å²) >= 11 is 5.41. The van der Waals surface area contributed by atoms with E-state index in [9.17, 15) is 9.90 Å². The fourth-order valence-corrected chi connectivity index (χ4v) is 4.07. The van der Waals surface area contributed by atoms with Crippen LogP contribution in [0.3, 0.4) is 0 Å². The number of aromatic hydroxyl groups is 1. The molecular weight excluding hydrogens is 495 g/mol. The highest BCUT2D eigenvalue weighted by atomic mass is 127. The van der Waals surface area contributed by atoms with Gasteiger partial charge in [0.1, 0.15) is 5.75 Å². The maximum absolute atomic E-state index is 12.2. The van der Waals surface area contributed by atoms with E-state index >= 15 is 0 Å². The minimum Gasteiger partial charge on any atom is -0.506 e. The highest BCUT2D eigenvalue weighted by Crippen LogP contribution is 2.27. The lowest BCUT2D eigenvalue weighted by Gasteiger charge is -2.06. The summed E-state index contributed by atoms with van der Waals surface area (Å²) in [6.07, 6.45) is 1.67. The molecule has 0 aliphatic carbocycles. The van der Waals surface area contributed by atoms with Gasteiger partial charge in [0.2, 0.25) is 5.91 Å². The number of phenolic OH excluding ortho intramolecular Hbond substituents is 1. The number of nitrogens with one attached hydrogen (secondary N) is 1. The molecular formula is C19H14BrIN2O2. The Hall–Kier alpha value is -1.93. The van der Waals surface area contributed by atoms with E-state index in [1.165, 1.54) is 6.21 Å². The molecule has 3 rings (SSSR count). The number of carbonyl (C=O) groups excluding carboxylic acids is 1. The molecule has 4 nitrogen and oxygen atoms in total. The predicted molar refractivity (Wildman–Crippen MR) is 112 cm³/mol. The Morgan fingerprint density at radius 2 is 1.96 bits per heavy atom. The van der Waals surface area contributed by atoms with Crippen molar-refractivity contribution in [3.63, 3.8) is 0 Å². The summed E-state index contributed by atoms with van der Waals surface area (Å²) in [5.74, 6) is -0.0763. The molecule has 0 saturated carbocycles. The number of benzene rings is 3. The van der Waals surface area contributed by atoms with Gasteiger partial charge in [-0.2, -0.15) is 5.10 Å². The molecule has 25 heavy (non-hydrogen) atoms. The Kier molecular flexibility index (Phi) is 5.70. The largest absolute Gasteiger partial charge is 0.506 e. The Bertz CT molecular complexity index is 968. The molecule has 0 saturated heterocycles. The van der Waals surface area contributed by atoms with E-state index in [-0.39, 0.29) is 18.1 Å². The molecule has 0 spiro atoms. The Labute approximate surface area is 167 Å². The maximum Gasteiger partial charge on any atom is 0.244 e. The first-order valence-corrected chi connectivity index (χ1v) is 9.38. The molecule has 0 bridgehead atoms. The second-order valence-electron chi connectivity index (χ2n) is 5.43. The number of hydrogen-bond donors (Lipinski definition) is 2. The number of nitrogens with zero attached hydrogens (tertiary/aromatic N) is 1. The first kappa shape index (κ1) is 17.9. The van der Waals surface area contributed by atoms with Crippen molar-refractivity contribution < 1.29 is 9.90 Å². The molecule has 0 aromatic heterocycles. The van der Waals surface area contributed by atoms with Crippen LogP contribution in [0, 0.1) is 3.57 Å². The number of halogens is 2. The molecule has 3 aromatic carbocycles. The molecule has 0 aliphatic rings. The molecule has 6 heteroatoms. The van der Waals surface area contributed by atoms with Gasteiger partial charge < -0.3 is 5.11 Å². The minimum atomic E-state index is -0.211. The summed E-state index contributed by atoms with van der Waals surface area (Å²) in [6, 6.07) is 17.4. The van der Waals surface area contributed by atoms with E-state index in [2.05, 4.69) is 26.5 Å². The number of hydrogen-bond acceptors (Lipinski definition) is 3. The zero-order valence-corrected chi connectivity index (χ0v) is 16.8. The summed E-state index contributed by atoms with van der Waals surface area (Å²) < 4.78 is 1.54. The lowest BCUT2D eigenvalue weighted by Crippen LogP contribution is -2.19. The van der Waals surface area contributed by atoms with Crippen LogP contribution >= 0.6 is 38.5 Å². The Balaban J connectivity index is 1.71. The summed E-state index contributed by atoms with van der Waals surface area (Å²) in [5.41, 5.74) is 3.99. The number of carbonyl (C=O) groups is 1. The monoisotopic (exact) mass is 508 g/mol. The highest BCUT2D eigenvalue weighted by molar-refractivity contribution is 14.1. The lowest BCUT2D eigenvalue weighted by molar-refractivity contribution is -0.120. The van der Waals surface area contributed by atoms with E-state index in [1.807, 2.05) is 65.1 Å². The van der Waals surface area contributed by atoms with Crippen molar-refractivity contribution in [1.29, 1.82) is 0 Å². The third-order valence-electron chi connectivity index (χ3n) is 3.68. The second kappa shape index (κ2) is 7.97. The number of phenols is 1. The Morgan fingerprint density at radius 3 is 2.80 bits per heavy atom. The van der Waals surface area contributed by atoms with Crippen LogP contribution in [-0.4, -0.2) is 17.2 Å². The van der Waals surface area contributed by atoms with E-state index < -0.39 is 0 Å². The molecule has 0 unspecified atom stereocenters. The zero-order valence-electron chi connectivity index (χ0n) is 13.0. The summed E-state index contributed by atoms with van der Waals surface area (Å²) in [5, 5.41) is 16.1. The molecule has 1 amide bonds. The van der Waals surface area contributed by atoms with Gasteiger partial charge in [-0.05, 0) is 51.1 Å². The van der Waals surface area contributed by atoms with E-state index in [1.54, 1.807) is 12.1 Å². The molecule has 0 fully saturated rings. The normalized spacial score (nSPS) is 11.1. The average molecular weight is 509 g/mol.